The lowest BCUT2D eigenvalue weighted by molar-refractivity contribution is -0.170. The first-order chi connectivity index (χ1) is 12.8. The topological polar surface area (TPSA) is 63.7 Å². The van der Waals surface area contributed by atoms with Gasteiger partial charge in [0.1, 0.15) is 0 Å². The number of imide groups is 1. The number of fused-ring (bicyclic) bond motifs is 1. The molecule has 2 aliphatic rings. The molecule has 138 valence electrons. The van der Waals surface area contributed by atoms with Gasteiger partial charge in [0.25, 0.3) is 11.8 Å². The van der Waals surface area contributed by atoms with Crippen molar-refractivity contribution in [3.63, 3.8) is 0 Å². The lowest BCUT2D eigenvalue weighted by Gasteiger charge is -2.14. The Morgan fingerprint density at radius 1 is 0.963 bits per heavy atom. The van der Waals surface area contributed by atoms with Gasteiger partial charge in [-0.05, 0) is 36.1 Å². The molecule has 0 aromatic heterocycles. The molecule has 1 fully saturated rings. The van der Waals surface area contributed by atoms with Gasteiger partial charge in [0.15, 0.2) is 0 Å². The Labute approximate surface area is 151 Å². The van der Waals surface area contributed by atoms with E-state index < -0.39 is 41.4 Å². The van der Waals surface area contributed by atoms with Gasteiger partial charge in [0.2, 0.25) is 0 Å². The molecule has 2 aromatic rings. The minimum Gasteiger partial charge on any atom is -0.329 e. The van der Waals surface area contributed by atoms with Gasteiger partial charge in [0, 0.05) is 0 Å². The van der Waals surface area contributed by atoms with Crippen LogP contribution in [0.2, 0.25) is 0 Å². The fourth-order valence-corrected chi connectivity index (χ4v) is 3.29. The zero-order chi connectivity index (χ0) is 19.3. The van der Waals surface area contributed by atoms with Gasteiger partial charge in [-0.2, -0.15) is 13.2 Å². The van der Waals surface area contributed by atoms with Gasteiger partial charge in [-0.25, -0.2) is 4.79 Å². The Bertz CT molecular complexity index is 934. The number of nitrogens with zero attached hydrogens (tertiary/aromatic N) is 1. The van der Waals surface area contributed by atoms with Crippen LogP contribution in [0.3, 0.4) is 0 Å². The maximum absolute atomic E-state index is 13.1. The van der Waals surface area contributed by atoms with E-state index >= 15 is 0 Å². The van der Waals surface area contributed by atoms with Gasteiger partial charge >= 0.3 is 12.1 Å². The molecule has 2 atom stereocenters. The quantitative estimate of drug-likeness (QED) is 0.770. The number of rotatable bonds is 3. The molecule has 0 bridgehead atoms. The molecule has 1 saturated carbocycles. The summed E-state index contributed by atoms with van der Waals surface area (Å²) in [5.41, 5.74) is -0.560. The van der Waals surface area contributed by atoms with Gasteiger partial charge in [0.05, 0.1) is 22.6 Å². The molecular formula is C19H12F3NO4. The third kappa shape index (κ3) is 2.87. The maximum Gasteiger partial charge on any atom is 0.416 e. The predicted molar refractivity (Wildman–Crippen MR) is 85.3 cm³/mol. The van der Waals surface area contributed by atoms with Crippen LogP contribution in [-0.2, 0) is 15.8 Å². The Balaban J connectivity index is 1.50. The number of amides is 2. The molecule has 4 rings (SSSR count). The second-order valence-electron chi connectivity index (χ2n) is 6.39. The van der Waals surface area contributed by atoms with E-state index in [-0.39, 0.29) is 23.1 Å². The molecular weight excluding hydrogens is 363 g/mol. The Morgan fingerprint density at radius 2 is 1.52 bits per heavy atom. The van der Waals surface area contributed by atoms with Crippen LogP contribution in [0, 0.1) is 5.92 Å². The van der Waals surface area contributed by atoms with E-state index in [2.05, 4.69) is 0 Å². The number of alkyl halides is 3. The standard InChI is InChI=1S/C19H12F3NO4/c20-19(21,22)15-8-4-3-5-10(15)13-9-14(13)18(26)27-23-16(24)11-6-1-2-7-12(11)17(23)25/h1-8,13-14H,9H2/t13-,14+/m0/s1. The van der Waals surface area contributed by atoms with E-state index in [1.165, 1.54) is 30.3 Å². The SMILES string of the molecule is O=C(ON1C(=O)c2ccccc2C1=O)[C@@H]1C[C@H]1c1ccccc1C(F)(F)F. The third-order valence-electron chi connectivity index (χ3n) is 4.70. The van der Waals surface area contributed by atoms with Crippen LogP contribution >= 0.6 is 0 Å². The van der Waals surface area contributed by atoms with E-state index in [4.69, 9.17) is 4.84 Å². The second kappa shape index (κ2) is 5.94. The number of benzene rings is 2. The summed E-state index contributed by atoms with van der Waals surface area (Å²) in [5, 5.41) is 0.373. The van der Waals surface area contributed by atoms with E-state index in [0.29, 0.717) is 5.06 Å². The van der Waals surface area contributed by atoms with Gasteiger partial charge in [-0.15, -0.1) is 0 Å². The van der Waals surface area contributed by atoms with Crippen molar-refractivity contribution in [3.05, 3.63) is 70.8 Å². The van der Waals surface area contributed by atoms with Crippen molar-refractivity contribution in [2.75, 3.05) is 0 Å². The minimum absolute atomic E-state index is 0.00862. The summed E-state index contributed by atoms with van der Waals surface area (Å²) in [6.45, 7) is 0. The summed E-state index contributed by atoms with van der Waals surface area (Å²) in [7, 11) is 0. The highest BCUT2D eigenvalue weighted by Gasteiger charge is 2.51. The maximum atomic E-state index is 13.1. The first-order valence-electron chi connectivity index (χ1n) is 8.15. The Morgan fingerprint density at radius 3 is 2.11 bits per heavy atom. The molecule has 1 aliphatic carbocycles. The molecule has 1 aliphatic heterocycles. The molecule has 0 radical (unpaired) electrons. The first-order valence-corrected chi connectivity index (χ1v) is 8.15. The van der Waals surface area contributed by atoms with Gasteiger partial charge < -0.3 is 4.84 Å². The molecule has 0 N–H and O–H groups in total. The smallest absolute Gasteiger partial charge is 0.329 e. The van der Waals surface area contributed by atoms with Crippen LogP contribution in [0.15, 0.2) is 48.5 Å². The third-order valence-corrected chi connectivity index (χ3v) is 4.70. The van der Waals surface area contributed by atoms with Crippen LogP contribution < -0.4 is 0 Å². The van der Waals surface area contributed by atoms with Crippen molar-refractivity contribution in [2.45, 2.75) is 18.5 Å². The molecule has 0 spiro atoms. The van der Waals surface area contributed by atoms with E-state index in [0.717, 1.165) is 6.07 Å². The lowest BCUT2D eigenvalue weighted by Crippen LogP contribution is -2.33. The zero-order valence-corrected chi connectivity index (χ0v) is 13.7. The fraction of sp³-hybridized carbons (Fsp3) is 0.211. The van der Waals surface area contributed by atoms with Gasteiger partial charge in [-0.3, -0.25) is 9.59 Å². The Kier molecular flexibility index (Phi) is 3.80. The summed E-state index contributed by atoms with van der Waals surface area (Å²) >= 11 is 0. The average Bonchev–Trinajstić information content (AvgIpc) is 3.41. The molecule has 0 saturated heterocycles. The monoisotopic (exact) mass is 375 g/mol. The van der Waals surface area contributed by atoms with E-state index in [1.807, 2.05) is 0 Å². The second-order valence-corrected chi connectivity index (χ2v) is 6.39. The largest absolute Gasteiger partial charge is 0.416 e. The normalized spacial score (nSPS) is 21.2. The molecule has 8 heteroatoms. The van der Waals surface area contributed by atoms with Gasteiger partial charge in [-0.1, -0.05) is 35.4 Å². The molecule has 27 heavy (non-hydrogen) atoms. The zero-order valence-electron chi connectivity index (χ0n) is 13.7. The summed E-state index contributed by atoms with van der Waals surface area (Å²) in [5.74, 6) is -3.93. The molecule has 5 nitrogen and oxygen atoms in total. The summed E-state index contributed by atoms with van der Waals surface area (Å²) < 4.78 is 39.4. The molecule has 1 heterocycles. The number of hydrogen-bond donors (Lipinski definition) is 0. The predicted octanol–water partition coefficient (Wildman–Crippen LogP) is 3.56. The van der Waals surface area contributed by atoms with Crippen molar-refractivity contribution in [3.8, 4) is 0 Å². The van der Waals surface area contributed by atoms with Crippen LogP contribution in [0.25, 0.3) is 0 Å². The number of carbonyl (C=O) groups excluding carboxylic acids is 3. The highest BCUT2D eigenvalue weighted by Crippen LogP contribution is 2.51. The van der Waals surface area contributed by atoms with Crippen LogP contribution in [0.1, 0.15) is 44.2 Å². The molecule has 2 aromatic carbocycles. The van der Waals surface area contributed by atoms with Crippen molar-refractivity contribution in [2.24, 2.45) is 5.92 Å². The van der Waals surface area contributed by atoms with Crippen molar-refractivity contribution < 1.29 is 32.4 Å². The number of halogens is 3. The van der Waals surface area contributed by atoms with Crippen molar-refractivity contribution in [1.29, 1.82) is 0 Å². The summed E-state index contributed by atoms with van der Waals surface area (Å²) in [6, 6.07) is 11.0. The number of carbonyl (C=O) groups is 3. The number of hydrogen-bond acceptors (Lipinski definition) is 4. The highest BCUT2D eigenvalue weighted by atomic mass is 19.4. The molecule has 2 amide bonds. The van der Waals surface area contributed by atoms with Crippen molar-refractivity contribution in [1.82, 2.24) is 5.06 Å². The fourth-order valence-electron chi connectivity index (χ4n) is 3.29. The van der Waals surface area contributed by atoms with Crippen molar-refractivity contribution >= 4 is 17.8 Å². The summed E-state index contributed by atoms with van der Waals surface area (Å²) in [6.07, 6.45) is -4.37. The van der Waals surface area contributed by atoms with E-state index in [9.17, 15) is 27.6 Å². The Hall–Kier alpha value is -3.16. The van der Waals surface area contributed by atoms with Crippen LogP contribution in [0.5, 0.6) is 0 Å². The number of hydroxylamine groups is 2. The van der Waals surface area contributed by atoms with Crippen LogP contribution in [-0.4, -0.2) is 22.8 Å². The molecule has 0 unspecified atom stereocenters. The van der Waals surface area contributed by atoms with Crippen LogP contribution in [0.4, 0.5) is 13.2 Å². The first kappa shape index (κ1) is 17.3. The highest BCUT2D eigenvalue weighted by molar-refractivity contribution is 6.20. The lowest BCUT2D eigenvalue weighted by atomic mass is 10.0. The summed E-state index contributed by atoms with van der Waals surface area (Å²) in [4.78, 5) is 41.6. The minimum atomic E-state index is -4.53. The van der Waals surface area contributed by atoms with E-state index in [1.54, 1.807) is 12.1 Å². The average molecular weight is 375 g/mol.